The van der Waals surface area contributed by atoms with Crippen molar-refractivity contribution in [1.82, 2.24) is 10.2 Å². The van der Waals surface area contributed by atoms with Crippen LogP contribution in [0, 0.1) is 11.6 Å². The molecule has 5 rings (SSSR count). The molecule has 2 aliphatic heterocycles. The molecule has 0 aliphatic carbocycles. The Labute approximate surface area is 197 Å². The molecule has 2 heterocycles. The summed E-state index contributed by atoms with van der Waals surface area (Å²) in [5.74, 6) is -1.33. The van der Waals surface area contributed by atoms with Gasteiger partial charge in [-0.15, -0.1) is 0 Å². The van der Waals surface area contributed by atoms with Gasteiger partial charge in [-0.3, -0.25) is 4.90 Å². The molecule has 2 saturated heterocycles. The molecular formula is C27H26F2N2O3. The Morgan fingerprint density at radius 2 is 1.56 bits per heavy atom. The van der Waals surface area contributed by atoms with E-state index in [0.29, 0.717) is 18.5 Å². The highest BCUT2D eigenvalue weighted by Gasteiger charge is 2.48. The maximum Gasteiger partial charge on any atom is 0.407 e. The van der Waals surface area contributed by atoms with Gasteiger partial charge in [-0.05, 0) is 41.7 Å². The molecule has 0 unspecified atom stereocenters. The molecule has 34 heavy (non-hydrogen) atoms. The summed E-state index contributed by atoms with van der Waals surface area (Å²) in [5.41, 5.74) is 2.56. The van der Waals surface area contributed by atoms with Crippen molar-refractivity contribution in [1.29, 1.82) is 0 Å². The van der Waals surface area contributed by atoms with Crippen molar-refractivity contribution in [2.24, 2.45) is 0 Å². The fraction of sp³-hybridized carbons (Fsp3) is 0.296. The molecule has 3 aromatic carbocycles. The Morgan fingerprint density at radius 3 is 2.15 bits per heavy atom. The second-order valence-electron chi connectivity index (χ2n) is 8.98. The maximum absolute atomic E-state index is 13.8. The van der Waals surface area contributed by atoms with Gasteiger partial charge in [0.2, 0.25) is 0 Å². The fourth-order valence-electron chi connectivity index (χ4n) is 5.30. The summed E-state index contributed by atoms with van der Waals surface area (Å²) in [6.07, 6.45) is -1.11. The van der Waals surface area contributed by atoms with Crippen LogP contribution in [0.3, 0.4) is 0 Å². The molecule has 2 N–H and O–H groups in total. The van der Waals surface area contributed by atoms with E-state index in [2.05, 4.69) is 10.2 Å². The Kier molecular flexibility index (Phi) is 6.30. The standard InChI is InChI=1S/C27H26F2N2O3/c28-20-11-17(12-21(29)14-20)13-23-26(34-27(33)30-23)24-15-22(32)16-31(24)25(18-7-3-1-4-8-18)19-9-5-2-6-10-19/h1-12,14,22-26,32H,13,15-16H2,(H,30,33)/t22-,23+,24-,26+/m1/s1. The minimum absolute atomic E-state index is 0.156. The number of ether oxygens (including phenoxy) is 1. The van der Waals surface area contributed by atoms with Crippen molar-refractivity contribution in [2.45, 2.75) is 43.2 Å². The van der Waals surface area contributed by atoms with E-state index in [4.69, 9.17) is 4.74 Å². The van der Waals surface area contributed by atoms with Gasteiger partial charge in [-0.25, -0.2) is 13.6 Å². The Balaban J connectivity index is 1.48. The van der Waals surface area contributed by atoms with Crippen molar-refractivity contribution < 1.29 is 23.4 Å². The highest BCUT2D eigenvalue weighted by atomic mass is 19.1. The number of carbonyl (C=O) groups is 1. The van der Waals surface area contributed by atoms with Crippen LogP contribution in [0.2, 0.25) is 0 Å². The van der Waals surface area contributed by atoms with Crippen molar-refractivity contribution >= 4 is 6.09 Å². The van der Waals surface area contributed by atoms with Gasteiger partial charge in [0.05, 0.1) is 24.2 Å². The first-order valence-electron chi connectivity index (χ1n) is 11.4. The number of rotatable bonds is 6. The van der Waals surface area contributed by atoms with Gasteiger partial charge >= 0.3 is 6.09 Å². The van der Waals surface area contributed by atoms with E-state index in [1.807, 2.05) is 60.7 Å². The highest BCUT2D eigenvalue weighted by molar-refractivity contribution is 5.70. The summed E-state index contributed by atoms with van der Waals surface area (Å²) in [7, 11) is 0. The summed E-state index contributed by atoms with van der Waals surface area (Å²) in [6, 6.07) is 22.4. The number of alkyl carbamates (subject to hydrolysis) is 1. The molecular weight excluding hydrogens is 438 g/mol. The van der Waals surface area contributed by atoms with Gasteiger partial charge in [0.25, 0.3) is 0 Å². The van der Waals surface area contributed by atoms with Crippen LogP contribution < -0.4 is 5.32 Å². The number of hydrogen-bond donors (Lipinski definition) is 2. The third kappa shape index (κ3) is 4.67. The first-order chi connectivity index (χ1) is 16.5. The molecule has 0 spiro atoms. The summed E-state index contributed by atoms with van der Waals surface area (Å²) in [6.45, 7) is 0.411. The number of carbonyl (C=O) groups excluding carboxylic acids is 1. The lowest BCUT2D eigenvalue weighted by atomic mass is 9.92. The number of aliphatic hydroxyl groups excluding tert-OH is 1. The molecule has 4 atom stereocenters. The third-order valence-corrected chi connectivity index (χ3v) is 6.62. The minimum atomic E-state index is -0.664. The molecule has 1 amide bonds. The summed E-state index contributed by atoms with van der Waals surface area (Å²) < 4.78 is 33.2. The van der Waals surface area contributed by atoms with Gasteiger partial charge in [0, 0.05) is 12.6 Å². The SMILES string of the molecule is O=C1N[C@@H](Cc2cc(F)cc(F)c2)[C@@H]([C@H]2C[C@@H](O)CN2C(c2ccccc2)c2ccccc2)O1. The lowest BCUT2D eigenvalue weighted by Crippen LogP contribution is -2.48. The van der Waals surface area contributed by atoms with Crippen LogP contribution in [-0.4, -0.2) is 46.9 Å². The van der Waals surface area contributed by atoms with Crippen molar-refractivity contribution in [3.05, 3.63) is 107 Å². The van der Waals surface area contributed by atoms with Crippen molar-refractivity contribution in [3.8, 4) is 0 Å². The average Bonchev–Trinajstić information content (AvgIpc) is 3.36. The number of halogens is 2. The first kappa shape index (κ1) is 22.5. The predicted octanol–water partition coefficient (Wildman–Crippen LogP) is 4.21. The Bertz CT molecular complexity index is 1090. The van der Waals surface area contributed by atoms with Gasteiger partial charge in [0.1, 0.15) is 17.7 Å². The summed E-state index contributed by atoms with van der Waals surface area (Å²) in [4.78, 5) is 14.5. The third-order valence-electron chi connectivity index (χ3n) is 6.62. The fourth-order valence-corrected chi connectivity index (χ4v) is 5.30. The number of cyclic esters (lactones) is 1. The quantitative estimate of drug-likeness (QED) is 0.574. The number of β-amino-alcohol motifs (C(OH)–C–C–N with tert-alkyl or cyclic N) is 1. The summed E-state index contributed by atoms with van der Waals surface area (Å²) in [5, 5.41) is 13.5. The minimum Gasteiger partial charge on any atom is -0.442 e. The van der Waals surface area contributed by atoms with E-state index < -0.39 is 36.0 Å². The van der Waals surface area contributed by atoms with E-state index >= 15 is 0 Å². The van der Waals surface area contributed by atoms with E-state index in [1.165, 1.54) is 12.1 Å². The van der Waals surface area contributed by atoms with E-state index in [9.17, 15) is 18.7 Å². The molecule has 0 aromatic heterocycles. The lowest BCUT2D eigenvalue weighted by molar-refractivity contribution is 0.0530. The monoisotopic (exact) mass is 464 g/mol. The molecule has 0 bridgehead atoms. The molecule has 2 fully saturated rings. The largest absolute Gasteiger partial charge is 0.442 e. The van der Waals surface area contributed by atoms with E-state index in [1.54, 1.807) is 0 Å². The molecule has 176 valence electrons. The van der Waals surface area contributed by atoms with Gasteiger partial charge in [-0.1, -0.05) is 60.7 Å². The number of likely N-dealkylation sites (tertiary alicyclic amines) is 1. The zero-order chi connectivity index (χ0) is 23.7. The van der Waals surface area contributed by atoms with Crippen LogP contribution in [0.5, 0.6) is 0 Å². The van der Waals surface area contributed by atoms with Crippen LogP contribution in [0.15, 0.2) is 78.9 Å². The second kappa shape index (κ2) is 9.52. The normalized spacial score (nSPS) is 24.9. The van der Waals surface area contributed by atoms with Crippen LogP contribution in [0.1, 0.15) is 29.2 Å². The molecule has 0 saturated carbocycles. The maximum atomic E-state index is 13.8. The van der Waals surface area contributed by atoms with Gasteiger partial charge in [0.15, 0.2) is 0 Å². The summed E-state index contributed by atoms with van der Waals surface area (Å²) >= 11 is 0. The van der Waals surface area contributed by atoms with Crippen molar-refractivity contribution in [2.75, 3.05) is 6.54 Å². The highest BCUT2D eigenvalue weighted by Crippen LogP contribution is 2.38. The van der Waals surface area contributed by atoms with Crippen molar-refractivity contribution in [3.63, 3.8) is 0 Å². The molecule has 2 aliphatic rings. The zero-order valence-corrected chi connectivity index (χ0v) is 18.5. The predicted molar refractivity (Wildman–Crippen MR) is 123 cm³/mol. The molecule has 3 aromatic rings. The number of nitrogens with one attached hydrogen (secondary N) is 1. The number of nitrogens with zero attached hydrogens (tertiary/aromatic N) is 1. The average molecular weight is 465 g/mol. The van der Waals surface area contributed by atoms with Crippen LogP contribution in [0.25, 0.3) is 0 Å². The molecule has 7 heteroatoms. The van der Waals surface area contributed by atoms with Crippen LogP contribution in [0.4, 0.5) is 13.6 Å². The topological polar surface area (TPSA) is 61.8 Å². The van der Waals surface area contributed by atoms with Crippen LogP contribution >= 0.6 is 0 Å². The molecule has 0 radical (unpaired) electrons. The number of amides is 1. The Hall–Kier alpha value is -3.29. The molecule has 5 nitrogen and oxygen atoms in total. The number of benzene rings is 3. The Morgan fingerprint density at radius 1 is 0.971 bits per heavy atom. The second-order valence-corrected chi connectivity index (χ2v) is 8.98. The van der Waals surface area contributed by atoms with Gasteiger partial charge < -0.3 is 15.2 Å². The van der Waals surface area contributed by atoms with E-state index in [0.717, 1.165) is 17.2 Å². The van der Waals surface area contributed by atoms with E-state index in [-0.39, 0.29) is 18.5 Å². The number of aliphatic hydroxyl groups is 1. The zero-order valence-electron chi connectivity index (χ0n) is 18.5. The van der Waals surface area contributed by atoms with Gasteiger partial charge in [-0.2, -0.15) is 0 Å². The smallest absolute Gasteiger partial charge is 0.407 e. The lowest BCUT2D eigenvalue weighted by Gasteiger charge is -2.37. The van der Waals surface area contributed by atoms with Crippen LogP contribution in [-0.2, 0) is 11.2 Å². The number of hydrogen-bond acceptors (Lipinski definition) is 4. The first-order valence-corrected chi connectivity index (χ1v) is 11.4.